The van der Waals surface area contributed by atoms with Crippen LogP contribution in [-0.4, -0.2) is 12.8 Å². The second kappa shape index (κ2) is 3.33. The van der Waals surface area contributed by atoms with E-state index in [1.807, 2.05) is 26.1 Å². The normalized spacial score (nSPS) is 11.7. The van der Waals surface area contributed by atoms with E-state index in [-0.39, 0.29) is 0 Å². The maximum absolute atomic E-state index is 4.14. The molecule has 0 fully saturated rings. The summed E-state index contributed by atoms with van der Waals surface area (Å²) in [5, 5.41) is 0. The minimum absolute atomic E-state index is 1.10. The van der Waals surface area contributed by atoms with Crippen LogP contribution < -0.4 is 0 Å². The molecule has 0 saturated heterocycles. The molecule has 0 aliphatic heterocycles. The van der Waals surface area contributed by atoms with Crippen molar-refractivity contribution in [3.05, 3.63) is 35.4 Å². The first-order valence-electron chi connectivity index (χ1n) is 3.75. The lowest BCUT2D eigenvalue weighted by Crippen LogP contribution is -1.96. The number of nitrogens with zero attached hydrogens (tertiary/aromatic N) is 1. The molecule has 0 bridgehead atoms. The van der Waals surface area contributed by atoms with Crippen LogP contribution in [-0.2, 0) is 0 Å². The fourth-order valence-corrected chi connectivity index (χ4v) is 1.10. The molecule has 0 aliphatic rings. The zero-order chi connectivity index (χ0) is 8.27. The van der Waals surface area contributed by atoms with Gasteiger partial charge in [0.2, 0.25) is 0 Å². The van der Waals surface area contributed by atoms with Crippen molar-refractivity contribution in [1.82, 2.24) is 0 Å². The van der Waals surface area contributed by atoms with E-state index in [4.69, 9.17) is 0 Å². The van der Waals surface area contributed by atoms with Gasteiger partial charge >= 0.3 is 0 Å². The minimum atomic E-state index is 1.10. The zero-order valence-corrected chi connectivity index (χ0v) is 7.26. The molecule has 0 unspecified atom stereocenters. The van der Waals surface area contributed by atoms with Crippen LogP contribution in [0.25, 0.3) is 0 Å². The number of aliphatic imine (C=N–C) groups is 1. The maximum Gasteiger partial charge on any atom is 0.0388 e. The van der Waals surface area contributed by atoms with Crippen molar-refractivity contribution in [2.24, 2.45) is 4.99 Å². The predicted octanol–water partition coefficient (Wildman–Crippen LogP) is 2.43. The Morgan fingerprint density at radius 3 is 2.45 bits per heavy atom. The molecule has 11 heavy (non-hydrogen) atoms. The monoisotopic (exact) mass is 147 g/mol. The quantitative estimate of drug-likeness (QED) is 0.541. The predicted molar refractivity (Wildman–Crippen MR) is 49.3 cm³/mol. The van der Waals surface area contributed by atoms with Crippen molar-refractivity contribution in [1.29, 1.82) is 0 Å². The summed E-state index contributed by atoms with van der Waals surface area (Å²) in [6.07, 6.45) is 0. The third-order valence-electron chi connectivity index (χ3n) is 1.87. The van der Waals surface area contributed by atoms with Crippen LogP contribution in [0.4, 0.5) is 0 Å². The molecule has 0 atom stereocenters. The summed E-state index contributed by atoms with van der Waals surface area (Å²) < 4.78 is 0. The Morgan fingerprint density at radius 1 is 1.27 bits per heavy atom. The van der Waals surface area contributed by atoms with E-state index >= 15 is 0 Å². The van der Waals surface area contributed by atoms with Crippen molar-refractivity contribution in [2.75, 3.05) is 7.05 Å². The fraction of sp³-hybridized carbons (Fsp3) is 0.300. The van der Waals surface area contributed by atoms with Gasteiger partial charge in [0.1, 0.15) is 0 Å². The Kier molecular flexibility index (Phi) is 2.42. The van der Waals surface area contributed by atoms with Gasteiger partial charge in [-0.05, 0) is 25.0 Å². The van der Waals surface area contributed by atoms with Gasteiger partial charge in [-0.25, -0.2) is 0 Å². The Bertz CT molecular complexity index is 274. The van der Waals surface area contributed by atoms with Crippen molar-refractivity contribution in [2.45, 2.75) is 13.8 Å². The van der Waals surface area contributed by atoms with E-state index in [0.717, 1.165) is 5.71 Å². The van der Waals surface area contributed by atoms with Gasteiger partial charge in [0, 0.05) is 12.8 Å². The molecule has 0 N–H and O–H groups in total. The van der Waals surface area contributed by atoms with Gasteiger partial charge in [0.25, 0.3) is 0 Å². The summed E-state index contributed by atoms with van der Waals surface area (Å²) in [6.45, 7) is 4.13. The van der Waals surface area contributed by atoms with Gasteiger partial charge in [0.15, 0.2) is 0 Å². The molecule has 0 radical (unpaired) electrons. The first-order valence-corrected chi connectivity index (χ1v) is 3.75. The highest BCUT2D eigenvalue weighted by Crippen LogP contribution is 2.07. The third kappa shape index (κ3) is 1.67. The smallest absolute Gasteiger partial charge is 0.0388 e. The second-order valence-corrected chi connectivity index (χ2v) is 2.62. The topological polar surface area (TPSA) is 12.4 Å². The SMILES string of the molecule is C/N=C(/C)c1ccccc1C. The van der Waals surface area contributed by atoms with Gasteiger partial charge in [0.05, 0.1) is 0 Å². The highest BCUT2D eigenvalue weighted by Gasteiger charge is 1.97. The lowest BCUT2D eigenvalue weighted by molar-refractivity contribution is 1.37. The van der Waals surface area contributed by atoms with Gasteiger partial charge in [-0.15, -0.1) is 0 Å². The average molecular weight is 147 g/mol. The highest BCUT2D eigenvalue weighted by molar-refractivity contribution is 5.99. The Hall–Kier alpha value is -1.11. The summed E-state index contributed by atoms with van der Waals surface area (Å²) in [4.78, 5) is 4.14. The molecular weight excluding hydrogens is 134 g/mol. The summed E-state index contributed by atoms with van der Waals surface area (Å²) in [6, 6.07) is 8.28. The van der Waals surface area contributed by atoms with Gasteiger partial charge in [-0.1, -0.05) is 24.3 Å². The number of hydrogen-bond donors (Lipinski definition) is 0. The number of aryl methyl sites for hydroxylation is 1. The molecule has 58 valence electrons. The van der Waals surface area contributed by atoms with Crippen LogP contribution >= 0.6 is 0 Å². The molecule has 0 aromatic heterocycles. The summed E-state index contributed by atoms with van der Waals surface area (Å²) >= 11 is 0. The van der Waals surface area contributed by atoms with Gasteiger partial charge < -0.3 is 0 Å². The van der Waals surface area contributed by atoms with Crippen LogP contribution in [0, 0.1) is 6.92 Å². The lowest BCUT2D eigenvalue weighted by atomic mass is 10.1. The number of benzene rings is 1. The molecule has 1 aromatic rings. The van der Waals surface area contributed by atoms with Crippen molar-refractivity contribution >= 4 is 5.71 Å². The van der Waals surface area contributed by atoms with Crippen molar-refractivity contribution in [3.8, 4) is 0 Å². The van der Waals surface area contributed by atoms with Crippen molar-refractivity contribution in [3.63, 3.8) is 0 Å². The largest absolute Gasteiger partial charge is 0.293 e. The van der Waals surface area contributed by atoms with Crippen LogP contribution in [0.2, 0.25) is 0 Å². The highest BCUT2D eigenvalue weighted by atomic mass is 14.7. The summed E-state index contributed by atoms with van der Waals surface area (Å²) in [7, 11) is 1.82. The molecule has 1 rings (SSSR count). The Morgan fingerprint density at radius 2 is 1.91 bits per heavy atom. The number of rotatable bonds is 1. The molecule has 0 spiro atoms. The van der Waals surface area contributed by atoms with Crippen LogP contribution in [0.1, 0.15) is 18.1 Å². The summed E-state index contributed by atoms with van der Waals surface area (Å²) in [5.74, 6) is 0. The van der Waals surface area contributed by atoms with E-state index in [1.165, 1.54) is 11.1 Å². The van der Waals surface area contributed by atoms with Crippen LogP contribution in [0.3, 0.4) is 0 Å². The lowest BCUT2D eigenvalue weighted by Gasteiger charge is -2.02. The first kappa shape index (κ1) is 7.99. The molecule has 0 heterocycles. The third-order valence-corrected chi connectivity index (χ3v) is 1.87. The van der Waals surface area contributed by atoms with Crippen LogP contribution in [0.15, 0.2) is 29.3 Å². The summed E-state index contributed by atoms with van der Waals surface area (Å²) in [5.41, 5.74) is 3.63. The van der Waals surface area contributed by atoms with Crippen LogP contribution in [0.5, 0.6) is 0 Å². The van der Waals surface area contributed by atoms with E-state index in [2.05, 4.69) is 24.0 Å². The van der Waals surface area contributed by atoms with Crippen molar-refractivity contribution < 1.29 is 0 Å². The van der Waals surface area contributed by atoms with Gasteiger partial charge in [-0.3, -0.25) is 4.99 Å². The molecule has 1 nitrogen and oxygen atoms in total. The van der Waals surface area contributed by atoms with E-state index in [0.29, 0.717) is 0 Å². The molecule has 0 amide bonds. The number of hydrogen-bond acceptors (Lipinski definition) is 1. The Labute approximate surface area is 67.8 Å². The average Bonchev–Trinajstić information content (AvgIpc) is 2.04. The van der Waals surface area contributed by atoms with E-state index in [9.17, 15) is 0 Å². The Balaban J connectivity index is 3.14. The standard InChI is InChI=1S/C10H13N/c1-8-6-4-5-7-10(8)9(2)11-3/h4-7H,1-3H3/b11-9-. The van der Waals surface area contributed by atoms with E-state index in [1.54, 1.807) is 0 Å². The first-order chi connectivity index (χ1) is 5.25. The molecule has 1 aromatic carbocycles. The van der Waals surface area contributed by atoms with E-state index < -0.39 is 0 Å². The van der Waals surface area contributed by atoms with Gasteiger partial charge in [-0.2, -0.15) is 0 Å². The fourth-order valence-electron chi connectivity index (χ4n) is 1.10. The molecule has 0 saturated carbocycles. The molecule has 1 heteroatoms. The molecular formula is C10H13N. The second-order valence-electron chi connectivity index (χ2n) is 2.62. The minimum Gasteiger partial charge on any atom is -0.293 e. The zero-order valence-electron chi connectivity index (χ0n) is 7.26. The molecule has 0 aliphatic carbocycles. The maximum atomic E-state index is 4.14.